The highest BCUT2D eigenvalue weighted by Gasteiger charge is 2.48. The first-order chi connectivity index (χ1) is 8.13. The largest absolute Gasteiger partial charge is 0.461 e. The van der Waals surface area contributed by atoms with Crippen molar-refractivity contribution in [1.82, 2.24) is 0 Å². The van der Waals surface area contributed by atoms with Crippen LogP contribution in [0, 0.1) is 29.6 Å². The van der Waals surface area contributed by atoms with Gasteiger partial charge in [-0.05, 0) is 61.7 Å². The molecule has 0 saturated heterocycles. The van der Waals surface area contributed by atoms with Gasteiger partial charge in [0.2, 0.25) is 0 Å². The Labute approximate surface area is 99.7 Å². The van der Waals surface area contributed by atoms with E-state index < -0.39 is 12.4 Å². The minimum atomic E-state index is -2.98. The third-order valence-electron chi connectivity index (χ3n) is 5.02. The van der Waals surface area contributed by atoms with Crippen LogP contribution in [0.25, 0.3) is 0 Å². The molecule has 0 radical (unpaired) electrons. The monoisotopic (exact) mass is 244 g/mol. The first-order valence-corrected chi connectivity index (χ1v) is 6.58. The van der Waals surface area contributed by atoms with E-state index >= 15 is 0 Å². The van der Waals surface area contributed by atoms with Crippen LogP contribution in [0.4, 0.5) is 8.78 Å². The smallest absolute Gasteiger partial charge is 0.373 e. The molecule has 4 rings (SSSR count). The molecule has 0 N–H and O–H groups in total. The third-order valence-corrected chi connectivity index (χ3v) is 5.02. The minimum absolute atomic E-state index is 0.220. The molecule has 0 spiro atoms. The summed E-state index contributed by atoms with van der Waals surface area (Å²) >= 11 is 0. The van der Waals surface area contributed by atoms with Gasteiger partial charge >= 0.3 is 12.4 Å². The molecule has 4 saturated carbocycles. The molecule has 4 aliphatic rings. The summed E-state index contributed by atoms with van der Waals surface area (Å²) in [5, 5.41) is 0. The molecule has 4 aliphatic carbocycles. The Bertz CT molecular complexity index is 289. The summed E-state index contributed by atoms with van der Waals surface area (Å²) in [4.78, 5) is 10.8. The molecule has 0 aromatic rings. The maximum absolute atomic E-state index is 12.1. The fourth-order valence-electron chi connectivity index (χ4n) is 4.55. The summed E-state index contributed by atoms with van der Waals surface area (Å²) in [6, 6.07) is 0. The van der Waals surface area contributed by atoms with Crippen LogP contribution >= 0.6 is 0 Å². The molecule has 0 atom stereocenters. The van der Waals surface area contributed by atoms with E-state index in [0.29, 0.717) is 17.8 Å². The van der Waals surface area contributed by atoms with Crippen LogP contribution in [0.2, 0.25) is 0 Å². The number of esters is 1. The van der Waals surface area contributed by atoms with Crippen molar-refractivity contribution in [2.75, 3.05) is 6.61 Å². The number of carbonyl (C=O) groups excluding carboxylic acids is 1. The van der Waals surface area contributed by atoms with Crippen molar-refractivity contribution < 1.29 is 18.3 Å². The van der Waals surface area contributed by atoms with E-state index in [1.165, 1.54) is 32.1 Å². The number of alkyl halides is 2. The Morgan fingerprint density at radius 2 is 1.59 bits per heavy atom. The van der Waals surface area contributed by atoms with Crippen LogP contribution in [0.1, 0.15) is 32.1 Å². The van der Waals surface area contributed by atoms with Crippen molar-refractivity contribution >= 4 is 5.97 Å². The van der Waals surface area contributed by atoms with Crippen molar-refractivity contribution in [2.24, 2.45) is 29.6 Å². The van der Waals surface area contributed by atoms with Crippen LogP contribution in [-0.2, 0) is 9.53 Å². The van der Waals surface area contributed by atoms with E-state index in [4.69, 9.17) is 4.74 Å². The summed E-state index contributed by atoms with van der Waals surface area (Å²) in [6.07, 6.45) is 3.30. The van der Waals surface area contributed by atoms with Gasteiger partial charge in [-0.25, -0.2) is 4.79 Å². The zero-order valence-electron chi connectivity index (χ0n) is 9.78. The summed E-state index contributed by atoms with van der Waals surface area (Å²) < 4.78 is 28.9. The fourth-order valence-corrected chi connectivity index (χ4v) is 4.55. The van der Waals surface area contributed by atoms with E-state index in [0.717, 1.165) is 11.8 Å². The molecule has 4 heteroatoms. The Morgan fingerprint density at radius 3 is 2.06 bits per heavy atom. The maximum Gasteiger partial charge on any atom is 0.373 e. The summed E-state index contributed by atoms with van der Waals surface area (Å²) in [6.45, 7) is 0.220. The number of carbonyl (C=O) groups is 1. The summed E-state index contributed by atoms with van der Waals surface area (Å²) in [7, 11) is 0. The quantitative estimate of drug-likeness (QED) is 0.713. The Balaban J connectivity index is 1.59. The molecule has 0 amide bonds. The molecule has 96 valence electrons. The summed E-state index contributed by atoms with van der Waals surface area (Å²) in [5.74, 6) is 1.97. The predicted octanol–water partition coefficient (Wildman–Crippen LogP) is 2.87. The van der Waals surface area contributed by atoms with Gasteiger partial charge in [-0.1, -0.05) is 0 Å². The van der Waals surface area contributed by atoms with Crippen LogP contribution in [0.5, 0.6) is 0 Å². The van der Waals surface area contributed by atoms with Gasteiger partial charge in [0.1, 0.15) is 0 Å². The third kappa shape index (κ3) is 2.06. The molecule has 0 unspecified atom stereocenters. The topological polar surface area (TPSA) is 26.3 Å². The van der Waals surface area contributed by atoms with Gasteiger partial charge in [-0.3, -0.25) is 0 Å². The maximum atomic E-state index is 12.1. The zero-order valence-corrected chi connectivity index (χ0v) is 9.78. The Kier molecular flexibility index (Phi) is 2.83. The molecule has 0 aromatic carbocycles. The van der Waals surface area contributed by atoms with Gasteiger partial charge in [-0.15, -0.1) is 0 Å². The van der Waals surface area contributed by atoms with Crippen molar-refractivity contribution in [3.05, 3.63) is 0 Å². The number of hydrogen-bond acceptors (Lipinski definition) is 2. The lowest BCUT2D eigenvalue weighted by Crippen LogP contribution is -2.47. The zero-order chi connectivity index (χ0) is 12.0. The Hall–Kier alpha value is -0.670. The van der Waals surface area contributed by atoms with E-state index in [2.05, 4.69) is 0 Å². The fraction of sp³-hybridized carbons (Fsp3) is 0.923. The SMILES string of the molecule is O=C(OCC1C2CC3CC(C2)CC1C3)C(F)F. The lowest BCUT2D eigenvalue weighted by molar-refractivity contribution is -0.162. The summed E-state index contributed by atoms with van der Waals surface area (Å²) in [5.41, 5.74) is 0. The van der Waals surface area contributed by atoms with E-state index in [-0.39, 0.29) is 6.61 Å². The van der Waals surface area contributed by atoms with Crippen molar-refractivity contribution in [3.8, 4) is 0 Å². The van der Waals surface area contributed by atoms with Gasteiger partial charge in [0.05, 0.1) is 6.61 Å². The molecule has 4 fully saturated rings. The molecule has 17 heavy (non-hydrogen) atoms. The van der Waals surface area contributed by atoms with Crippen molar-refractivity contribution in [1.29, 1.82) is 0 Å². The first kappa shape index (κ1) is 11.4. The predicted molar refractivity (Wildman–Crippen MR) is 57.5 cm³/mol. The van der Waals surface area contributed by atoms with Crippen LogP contribution < -0.4 is 0 Å². The van der Waals surface area contributed by atoms with Crippen LogP contribution in [0.3, 0.4) is 0 Å². The minimum Gasteiger partial charge on any atom is -0.461 e. The standard InChI is InChI=1S/C13H18F2O2/c14-12(15)13(16)17-6-11-9-2-7-1-8(4-9)5-10(11)3-7/h7-12H,1-6H2. The first-order valence-electron chi connectivity index (χ1n) is 6.58. The van der Waals surface area contributed by atoms with Crippen LogP contribution in [0.15, 0.2) is 0 Å². The second kappa shape index (κ2) is 4.21. The lowest BCUT2D eigenvalue weighted by Gasteiger charge is -2.54. The van der Waals surface area contributed by atoms with E-state index in [1.54, 1.807) is 0 Å². The second-order valence-corrected chi connectivity index (χ2v) is 6.03. The van der Waals surface area contributed by atoms with Gasteiger partial charge in [0.25, 0.3) is 0 Å². The molecule has 0 heterocycles. The van der Waals surface area contributed by atoms with E-state index in [1.807, 2.05) is 0 Å². The second-order valence-electron chi connectivity index (χ2n) is 6.03. The van der Waals surface area contributed by atoms with Gasteiger partial charge in [-0.2, -0.15) is 8.78 Å². The highest BCUT2D eigenvalue weighted by Crippen LogP contribution is 2.56. The number of hydrogen-bond donors (Lipinski definition) is 0. The van der Waals surface area contributed by atoms with Crippen molar-refractivity contribution in [3.63, 3.8) is 0 Å². The highest BCUT2D eigenvalue weighted by molar-refractivity contribution is 5.72. The normalized spacial score (nSPS) is 43.1. The van der Waals surface area contributed by atoms with E-state index in [9.17, 15) is 13.6 Å². The number of ether oxygens (including phenoxy) is 1. The molecule has 0 aromatic heterocycles. The van der Waals surface area contributed by atoms with Gasteiger partial charge < -0.3 is 4.74 Å². The molecule has 4 bridgehead atoms. The number of halogens is 2. The highest BCUT2D eigenvalue weighted by atomic mass is 19.3. The average Bonchev–Trinajstić information content (AvgIpc) is 2.26. The van der Waals surface area contributed by atoms with Crippen molar-refractivity contribution in [2.45, 2.75) is 38.5 Å². The molecule has 0 aliphatic heterocycles. The molecular weight excluding hydrogens is 226 g/mol. The lowest BCUT2D eigenvalue weighted by atomic mass is 9.52. The van der Waals surface area contributed by atoms with Gasteiger partial charge in [0, 0.05) is 0 Å². The average molecular weight is 244 g/mol. The number of rotatable bonds is 3. The Morgan fingerprint density at radius 1 is 1.06 bits per heavy atom. The van der Waals surface area contributed by atoms with Gasteiger partial charge in [0.15, 0.2) is 0 Å². The van der Waals surface area contributed by atoms with Crippen LogP contribution in [-0.4, -0.2) is 19.0 Å². The molecular formula is C13H18F2O2. The molecule has 2 nitrogen and oxygen atoms in total.